The predicted octanol–water partition coefficient (Wildman–Crippen LogP) is 1.55. The van der Waals surface area contributed by atoms with Crippen LogP contribution in [-0.2, 0) is 6.61 Å². The number of ether oxygens (including phenoxy) is 2. The maximum Gasteiger partial charge on any atom is 0.223 e. The number of hydrogen-bond donors (Lipinski definition) is 3. The highest BCUT2D eigenvalue weighted by atomic mass is 79.9. The molecule has 0 saturated carbocycles. The van der Waals surface area contributed by atoms with Gasteiger partial charge in [0.1, 0.15) is 6.61 Å². The van der Waals surface area contributed by atoms with Gasteiger partial charge in [-0.2, -0.15) is 0 Å². The zero-order valence-electron chi connectivity index (χ0n) is 13.4. The number of rotatable bonds is 6. The van der Waals surface area contributed by atoms with Crippen LogP contribution in [0.3, 0.4) is 0 Å². The highest BCUT2D eigenvalue weighted by Crippen LogP contribution is 2.28. The molecule has 5 nitrogen and oxygen atoms in total. The highest BCUT2D eigenvalue weighted by Gasteiger charge is 2.07. The van der Waals surface area contributed by atoms with E-state index in [0.29, 0.717) is 23.2 Å². The number of hydrogen-bond acceptors (Lipinski definition) is 3. The van der Waals surface area contributed by atoms with E-state index in [4.69, 9.17) is 21.7 Å². The van der Waals surface area contributed by atoms with E-state index >= 15 is 0 Å². The molecule has 0 saturated heterocycles. The Balaban J connectivity index is 2.02. The summed E-state index contributed by atoms with van der Waals surface area (Å²) in [5.41, 5.74) is 4.83. The van der Waals surface area contributed by atoms with Crippen molar-refractivity contribution in [2.75, 3.05) is 14.2 Å². The molecule has 0 aliphatic heterocycles. The Morgan fingerprint density at radius 2 is 1.96 bits per heavy atom. The first-order valence-electron chi connectivity index (χ1n) is 7.24. The third kappa shape index (κ3) is 5.50. The molecule has 126 valence electrons. The molecule has 2 rings (SSSR count). The molecule has 7 heteroatoms. The van der Waals surface area contributed by atoms with E-state index in [1.54, 1.807) is 20.4 Å². The normalized spacial score (nSPS) is 10.5. The van der Waals surface area contributed by atoms with Crippen molar-refractivity contribution in [1.29, 1.82) is 0 Å². The average molecular weight is 409 g/mol. The van der Waals surface area contributed by atoms with E-state index in [-0.39, 0.29) is 0 Å². The average Bonchev–Trinajstić information content (AvgIpc) is 2.61. The van der Waals surface area contributed by atoms with Crippen LogP contribution in [0, 0.1) is 0 Å². The van der Waals surface area contributed by atoms with Gasteiger partial charge in [0.05, 0.1) is 7.11 Å². The van der Waals surface area contributed by atoms with Gasteiger partial charge in [0, 0.05) is 17.1 Å². The van der Waals surface area contributed by atoms with Crippen LogP contribution in [0.4, 0.5) is 0 Å². The third-order valence-electron chi connectivity index (χ3n) is 3.15. The molecule has 0 amide bonds. The lowest BCUT2D eigenvalue weighted by atomic mass is 10.2. The van der Waals surface area contributed by atoms with E-state index in [9.17, 15) is 0 Å². The fourth-order valence-corrected chi connectivity index (χ4v) is 2.21. The molecule has 0 atom stereocenters. The van der Waals surface area contributed by atoms with Crippen LogP contribution in [0.15, 0.2) is 46.9 Å². The lowest BCUT2D eigenvalue weighted by Gasteiger charge is -2.11. The highest BCUT2D eigenvalue weighted by molar-refractivity contribution is 9.10. The summed E-state index contributed by atoms with van der Waals surface area (Å²) in [4.78, 5) is 0. The quantitative estimate of drug-likeness (QED) is 0.384. The zero-order chi connectivity index (χ0) is 17.4. The van der Waals surface area contributed by atoms with Gasteiger partial charge in [-0.15, -0.1) is 10.5 Å². The predicted molar refractivity (Wildman–Crippen MR) is 102 cm³/mol. The van der Waals surface area contributed by atoms with E-state index in [0.717, 1.165) is 15.6 Å². The Bertz CT molecular complexity index is 720. The van der Waals surface area contributed by atoms with Crippen molar-refractivity contribution in [3.8, 4) is 11.5 Å². The Morgan fingerprint density at radius 1 is 1.21 bits per heavy atom. The van der Waals surface area contributed by atoms with Crippen LogP contribution in [0.2, 0.25) is 0 Å². The monoisotopic (exact) mass is 408 g/mol. The van der Waals surface area contributed by atoms with Crippen LogP contribution in [0.25, 0.3) is 0 Å². The van der Waals surface area contributed by atoms with Gasteiger partial charge < -0.3 is 14.8 Å². The van der Waals surface area contributed by atoms with Gasteiger partial charge in [0.25, 0.3) is 0 Å². The standard InChI is InChI=1S/C17H18BrN3O2S/c1-19-17(24)21-20-10-13-5-8-15(16(9-13)22-2)23-11-12-3-6-14(18)7-4-12/h3-10H,11H2,1-2H3,(H2,19,21,24)/p+1. The molecule has 0 aromatic heterocycles. The fraction of sp³-hybridized carbons (Fsp3) is 0.176. The van der Waals surface area contributed by atoms with E-state index in [2.05, 4.69) is 31.8 Å². The number of hydrazone groups is 1. The molecule has 2 aromatic carbocycles. The Labute approximate surface area is 155 Å². The van der Waals surface area contributed by atoms with Crippen molar-refractivity contribution in [2.24, 2.45) is 0 Å². The Hall–Kier alpha value is -2.12. The summed E-state index contributed by atoms with van der Waals surface area (Å²) in [6, 6.07) is 13.7. The molecule has 0 unspecified atom stereocenters. The second kappa shape index (κ2) is 9.24. The summed E-state index contributed by atoms with van der Waals surface area (Å²) in [7, 11) is 3.37. The summed E-state index contributed by atoms with van der Waals surface area (Å²) < 4.78 is 12.3. The lowest BCUT2D eigenvalue weighted by molar-refractivity contribution is -0.500. The van der Waals surface area contributed by atoms with Crippen molar-refractivity contribution in [3.05, 3.63) is 58.1 Å². The number of thiocarbonyl (C=S) groups is 1. The van der Waals surface area contributed by atoms with Gasteiger partial charge in [-0.1, -0.05) is 28.1 Å². The Kier molecular flexibility index (Phi) is 7.02. The van der Waals surface area contributed by atoms with Crippen molar-refractivity contribution >= 4 is 39.5 Å². The molecule has 0 spiro atoms. The van der Waals surface area contributed by atoms with Crippen LogP contribution in [0.5, 0.6) is 11.5 Å². The van der Waals surface area contributed by atoms with E-state index in [1.807, 2.05) is 42.5 Å². The number of benzene rings is 2. The molecular weight excluding hydrogens is 390 g/mol. The minimum Gasteiger partial charge on any atom is -0.493 e. The molecule has 0 aliphatic rings. The summed E-state index contributed by atoms with van der Waals surface area (Å²) in [5, 5.41) is 6.22. The van der Waals surface area contributed by atoms with E-state index in [1.165, 1.54) is 0 Å². The van der Waals surface area contributed by atoms with Gasteiger partial charge in [0.2, 0.25) is 5.11 Å². The fourth-order valence-electron chi connectivity index (χ4n) is 1.88. The minimum atomic E-state index is 0.475. The molecule has 0 bridgehead atoms. The van der Waals surface area contributed by atoms with Crippen molar-refractivity contribution in [2.45, 2.75) is 6.61 Å². The Morgan fingerprint density at radius 3 is 2.62 bits per heavy atom. The van der Waals surface area contributed by atoms with Crippen molar-refractivity contribution in [1.82, 2.24) is 10.7 Å². The number of hydrazine groups is 1. The molecule has 0 aliphatic carbocycles. The van der Waals surface area contributed by atoms with Gasteiger partial charge in [-0.3, -0.25) is 0 Å². The van der Waals surface area contributed by atoms with Crippen LogP contribution in [-0.4, -0.2) is 25.5 Å². The van der Waals surface area contributed by atoms with Gasteiger partial charge in [-0.05, 0) is 48.1 Å². The first-order chi connectivity index (χ1) is 11.6. The smallest absolute Gasteiger partial charge is 0.223 e. The van der Waals surface area contributed by atoms with Crippen LogP contribution < -0.4 is 25.3 Å². The number of halogens is 1. The molecule has 0 heterocycles. The minimum absolute atomic E-state index is 0.475. The summed E-state index contributed by atoms with van der Waals surface area (Å²) in [5.74, 6) is 1.36. The number of nitrogens with one attached hydrogen (secondary N) is 3. The molecule has 3 N–H and O–H groups in total. The first kappa shape index (κ1) is 18.2. The SMILES string of the molecule is CNC(=S)N[NH+]=Cc1ccc(OCc2ccc(Br)cc2)c(OC)c1. The number of methoxy groups -OCH3 is 1. The van der Waals surface area contributed by atoms with E-state index < -0.39 is 0 Å². The largest absolute Gasteiger partial charge is 0.493 e. The summed E-state index contributed by atoms with van der Waals surface area (Å²) >= 11 is 8.40. The molecule has 0 fully saturated rings. The summed E-state index contributed by atoms with van der Waals surface area (Å²) in [6.45, 7) is 0.475. The van der Waals surface area contributed by atoms with Crippen LogP contribution >= 0.6 is 28.1 Å². The maximum absolute atomic E-state index is 5.85. The first-order valence-corrected chi connectivity index (χ1v) is 8.44. The van der Waals surface area contributed by atoms with Gasteiger partial charge >= 0.3 is 0 Å². The molecule has 2 aromatic rings. The van der Waals surface area contributed by atoms with Crippen molar-refractivity contribution in [3.63, 3.8) is 0 Å². The van der Waals surface area contributed by atoms with Crippen LogP contribution in [0.1, 0.15) is 11.1 Å². The summed E-state index contributed by atoms with van der Waals surface area (Å²) in [6.07, 6.45) is 1.78. The zero-order valence-corrected chi connectivity index (χ0v) is 15.8. The molecular formula is C17H19BrN3O2S+. The second-order valence-corrected chi connectivity index (χ2v) is 6.14. The topological polar surface area (TPSA) is 56.5 Å². The molecule has 24 heavy (non-hydrogen) atoms. The molecule has 0 radical (unpaired) electrons. The van der Waals surface area contributed by atoms with Gasteiger partial charge in [0.15, 0.2) is 17.7 Å². The lowest BCUT2D eigenvalue weighted by Crippen LogP contribution is -2.82. The van der Waals surface area contributed by atoms with Gasteiger partial charge in [-0.25, -0.2) is 0 Å². The third-order valence-corrected chi connectivity index (χ3v) is 3.98. The second-order valence-electron chi connectivity index (χ2n) is 4.82. The van der Waals surface area contributed by atoms with Crippen molar-refractivity contribution < 1.29 is 14.6 Å². The maximum atomic E-state index is 5.85.